The highest BCUT2D eigenvalue weighted by Crippen LogP contribution is 2.33. The monoisotopic (exact) mass is 373 g/mol. The standard InChI is InChI=1S/C19H27N5O3/c1-12-13(2)24-15-16(20-18(24)23(12)14-8-5-4-6-9-14)21(3)19(27)22(17(15)26)10-7-11-25/h14,25H,4-11H2,1-3H3. The zero-order chi connectivity index (χ0) is 19.3. The zero-order valence-electron chi connectivity index (χ0n) is 16.2. The molecule has 3 heterocycles. The van der Waals surface area contributed by atoms with Crippen LogP contribution in [0.15, 0.2) is 9.59 Å². The number of hydrogen-bond donors (Lipinski definition) is 1. The van der Waals surface area contributed by atoms with Crippen molar-refractivity contribution in [3.05, 3.63) is 32.2 Å². The SMILES string of the molecule is Cc1c(C)n2c3c(=O)n(CCCO)c(=O)n(C)c3nc2n1C1CCCCC1. The average Bonchev–Trinajstić information content (AvgIpc) is 3.17. The van der Waals surface area contributed by atoms with E-state index >= 15 is 0 Å². The Kier molecular flexibility index (Phi) is 4.46. The Balaban J connectivity index is 2.06. The predicted molar refractivity (Wildman–Crippen MR) is 103 cm³/mol. The minimum atomic E-state index is -0.389. The largest absolute Gasteiger partial charge is 0.396 e. The molecule has 0 amide bonds. The molecule has 0 saturated heterocycles. The quantitative estimate of drug-likeness (QED) is 0.753. The van der Waals surface area contributed by atoms with Crippen LogP contribution in [-0.4, -0.2) is 34.8 Å². The first-order chi connectivity index (χ1) is 13.0. The Bertz CT molecular complexity index is 1120. The van der Waals surface area contributed by atoms with Crippen LogP contribution in [0.5, 0.6) is 0 Å². The lowest BCUT2D eigenvalue weighted by molar-refractivity contribution is 0.277. The lowest BCUT2D eigenvalue weighted by Gasteiger charge is -2.24. The van der Waals surface area contributed by atoms with Crippen LogP contribution in [-0.2, 0) is 13.6 Å². The number of aliphatic hydroxyl groups is 1. The first-order valence-electron chi connectivity index (χ1n) is 9.77. The summed E-state index contributed by atoms with van der Waals surface area (Å²) in [6, 6.07) is 0.389. The van der Waals surface area contributed by atoms with Crippen LogP contribution in [0.1, 0.15) is 56.0 Å². The smallest absolute Gasteiger partial charge is 0.332 e. The Morgan fingerprint density at radius 2 is 1.81 bits per heavy atom. The molecule has 0 aromatic carbocycles. The summed E-state index contributed by atoms with van der Waals surface area (Å²) in [5, 5.41) is 9.11. The van der Waals surface area contributed by atoms with Crippen LogP contribution in [0, 0.1) is 13.8 Å². The molecular formula is C19H27N5O3. The number of aliphatic hydroxyl groups excluding tert-OH is 1. The minimum Gasteiger partial charge on any atom is -0.396 e. The highest BCUT2D eigenvalue weighted by atomic mass is 16.3. The van der Waals surface area contributed by atoms with Gasteiger partial charge in [-0.15, -0.1) is 0 Å². The molecule has 0 unspecified atom stereocenters. The molecule has 0 spiro atoms. The Hall–Kier alpha value is -2.35. The van der Waals surface area contributed by atoms with E-state index in [9.17, 15) is 9.59 Å². The molecule has 0 atom stereocenters. The van der Waals surface area contributed by atoms with Gasteiger partial charge in [0.2, 0.25) is 5.78 Å². The van der Waals surface area contributed by atoms with Gasteiger partial charge in [0.25, 0.3) is 5.56 Å². The third-order valence-electron chi connectivity index (χ3n) is 6.04. The second-order valence-electron chi connectivity index (χ2n) is 7.63. The van der Waals surface area contributed by atoms with Crippen molar-refractivity contribution in [3.63, 3.8) is 0 Å². The third-order valence-corrected chi connectivity index (χ3v) is 6.04. The number of hydrogen-bond acceptors (Lipinski definition) is 4. The summed E-state index contributed by atoms with van der Waals surface area (Å²) < 4.78 is 6.83. The molecule has 0 aliphatic heterocycles. The average molecular weight is 373 g/mol. The molecule has 1 N–H and O–H groups in total. The summed E-state index contributed by atoms with van der Waals surface area (Å²) in [6.07, 6.45) is 6.29. The van der Waals surface area contributed by atoms with Crippen LogP contribution in [0.4, 0.5) is 0 Å². The third kappa shape index (κ3) is 2.57. The van der Waals surface area contributed by atoms with Gasteiger partial charge in [0.1, 0.15) is 0 Å². The molecule has 27 heavy (non-hydrogen) atoms. The van der Waals surface area contributed by atoms with Crippen molar-refractivity contribution >= 4 is 16.9 Å². The second-order valence-corrected chi connectivity index (χ2v) is 7.63. The van der Waals surface area contributed by atoms with Crippen LogP contribution in [0.2, 0.25) is 0 Å². The van der Waals surface area contributed by atoms with E-state index in [2.05, 4.69) is 11.5 Å². The van der Waals surface area contributed by atoms with Gasteiger partial charge in [-0.2, -0.15) is 4.98 Å². The Morgan fingerprint density at radius 3 is 2.48 bits per heavy atom. The zero-order valence-corrected chi connectivity index (χ0v) is 16.2. The molecule has 1 aliphatic rings. The lowest BCUT2D eigenvalue weighted by atomic mass is 9.95. The molecule has 3 aromatic rings. The van der Waals surface area contributed by atoms with Crippen molar-refractivity contribution in [2.75, 3.05) is 6.61 Å². The van der Waals surface area contributed by atoms with Crippen molar-refractivity contribution in [1.82, 2.24) is 23.1 Å². The van der Waals surface area contributed by atoms with E-state index in [0.717, 1.165) is 30.0 Å². The molecule has 1 saturated carbocycles. The van der Waals surface area contributed by atoms with E-state index in [-0.39, 0.29) is 24.4 Å². The number of rotatable bonds is 4. The number of aromatic nitrogens is 5. The summed E-state index contributed by atoms with van der Waals surface area (Å²) in [6.45, 7) is 4.22. The van der Waals surface area contributed by atoms with Gasteiger partial charge in [-0.1, -0.05) is 19.3 Å². The summed E-state index contributed by atoms with van der Waals surface area (Å²) >= 11 is 0. The van der Waals surface area contributed by atoms with Gasteiger partial charge < -0.3 is 9.67 Å². The van der Waals surface area contributed by atoms with Crippen LogP contribution < -0.4 is 11.2 Å². The molecule has 1 aliphatic carbocycles. The molecular weight excluding hydrogens is 346 g/mol. The molecule has 8 nitrogen and oxygen atoms in total. The highest BCUT2D eigenvalue weighted by Gasteiger charge is 2.26. The summed E-state index contributed by atoms with van der Waals surface area (Å²) in [4.78, 5) is 30.5. The van der Waals surface area contributed by atoms with Crippen LogP contribution >= 0.6 is 0 Å². The summed E-state index contributed by atoms with van der Waals surface area (Å²) in [5.74, 6) is 0.749. The molecule has 3 aromatic heterocycles. The Labute approximate surface area is 156 Å². The van der Waals surface area contributed by atoms with Gasteiger partial charge in [0.05, 0.1) is 0 Å². The van der Waals surface area contributed by atoms with Crippen molar-refractivity contribution in [2.24, 2.45) is 7.05 Å². The van der Waals surface area contributed by atoms with E-state index < -0.39 is 0 Å². The first kappa shape index (κ1) is 18.0. The van der Waals surface area contributed by atoms with E-state index in [0.29, 0.717) is 23.6 Å². The maximum atomic E-state index is 13.1. The number of imidazole rings is 2. The van der Waals surface area contributed by atoms with Crippen molar-refractivity contribution in [1.29, 1.82) is 0 Å². The maximum Gasteiger partial charge on any atom is 0.332 e. The van der Waals surface area contributed by atoms with Crippen molar-refractivity contribution in [3.8, 4) is 0 Å². The highest BCUT2D eigenvalue weighted by molar-refractivity contribution is 5.76. The molecule has 0 bridgehead atoms. The topological polar surface area (TPSA) is 86.5 Å². The maximum absolute atomic E-state index is 13.1. The van der Waals surface area contributed by atoms with Crippen molar-refractivity contribution in [2.45, 2.75) is 65.0 Å². The number of nitrogens with zero attached hydrogens (tertiary/aromatic N) is 5. The van der Waals surface area contributed by atoms with Gasteiger partial charge >= 0.3 is 5.69 Å². The van der Waals surface area contributed by atoms with Gasteiger partial charge in [-0.25, -0.2) is 4.79 Å². The fourth-order valence-electron chi connectivity index (χ4n) is 4.48. The van der Waals surface area contributed by atoms with E-state index in [1.54, 1.807) is 7.05 Å². The van der Waals surface area contributed by atoms with Crippen molar-refractivity contribution < 1.29 is 5.11 Å². The minimum absolute atomic E-state index is 0.0638. The second kappa shape index (κ2) is 6.67. The fraction of sp³-hybridized carbons (Fsp3) is 0.632. The Morgan fingerprint density at radius 1 is 1.11 bits per heavy atom. The number of aryl methyl sites for hydroxylation is 2. The van der Waals surface area contributed by atoms with E-state index in [1.807, 2.05) is 11.3 Å². The summed E-state index contributed by atoms with van der Waals surface area (Å²) in [5.41, 5.74) is 2.26. The first-order valence-corrected chi connectivity index (χ1v) is 9.77. The normalized spacial score (nSPS) is 16.0. The molecule has 0 radical (unpaired) electrons. The lowest BCUT2D eigenvalue weighted by Crippen LogP contribution is -2.39. The summed E-state index contributed by atoms with van der Waals surface area (Å²) in [7, 11) is 1.65. The predicted octanol–water partition coefficient (Wildman–Crippen LogP) is 1.65. The molecule has 8 heteroatoms. The molecule has 1 fully saturated rings. The van der Waals surface area contributed by atoms with Gasteiger partial charge in [-0.3, -0.25) is 18.3 Å². The number of fused-ring (bicyclic) bond motifs is 3. The van der Waals surface area contributed by atoms with E-state index in [1.165, 1.54) is 28.4 Å². The molecule has 4 rings (SSSR count). The van der Waals surface area contributed by atoms with Crippen LogP contribution in [0.3, 0.4) is 0 Å². The van der Waals surface area contributed by atoms with E-state index in [4.69, 9.17) is 10.1 Å². The molecule has 146 valence electrons. The van der Waals surface area contributed by atoms with Crippen LogP contribution in [0.25, 0.3) is 16.9 Å². The van der Waals surface area contributed by atoms with Gasteiger partial charge in [-0.05, 0) is 33.1 Å². The van der Waals surface area contributed by atoms with Gasteiger partial charge in [0.15, 0.2) is 11.2 Å². The van der Waals surface area contributed by atoms with Gasteiger partial charge in [0, 0.05) is 37.6 Å². The fourth-order valence-corrected chi connectivity index (χ4v) is 4.48.